The van der Waals surface area contributed by atoms with Crippen LogP contribution in [0.5, 0.6) is 11.5 Å². The highest BCUT2D eigenvalue weighted by Gasteiger charge is 2.27. The first-order valence-corrected chi connectivity index (χ1v) is 13.2. The molecule has 4 heterocycles. The Labute approximate surface area is 212 Å². The maximum Gasteiger partial charge on any atom is 0.246 e. The molecule has 1 atom stereocenters. The number of amides is 1. The van der Waals surface area contributed by atoms with Gasteiger partial charge in [0.25, 0.3) is 0 Å². The molecule has 0 bridgehead atoms. The Balaban J connectivity index is 1.02. The van der Waals surface area contributed by atoms with Crippen LogP contribution < -0.4 is 14.4 Å². The molecular weight excluding hydrogens is 452 g/mol. The Bertz CT molecular complexity index is 1240. The third-order valence-corrected chi connectivity index (χ3v) is 7.78. The van der Waals surface area contributed by atoms with Crippen LogP contribution in [0.2, 0.25) is 0 Å². The molecule has 0 radical (unpaired) electrons. The molecule has 1 amide bonds. The summed E-state index contributed by atoms with van der Waals surface area (Å²) in [5.74, 6) is 1.61. The van der Waals surface area contributed by atoms with Crippen molar-refractivity contribution in [2.45, 2.75) is 31.7 Å². The molecule has 0 saturated carbocycles. The van der Waals surface area contributed by atoms with Gasteiger partial charge in [-0.3, -0.25) is 9.69 Å². The first-order valence-electron chi connectivity index (χ1n) is 13.2. The van der Waals surface area contributed by atoms with E-state index in [9.17, 15) is 4.79 Å². The summed E-state index contributed by atoms with van der Waals surface area (Å²) in [6, 6.07) is 14.8. The van der Waals surface area contributed by atoms with Crippen molar-refractivity contribution in [2.24, 2.45) is 0 Å². The number of aromatic amines is 1. The van der Waals surface area contributed by atoms with Crippen molar-refractivity contribution < 1.29 is 14.3 Å². The maximum absolute atomic E-state index is 13.1. The molecule has 3 aromatic rings. The standard InChI is InChI=1S/C29H34N4O3/c34-28(10-8-22-7-9-26-27(20-22)36-21-35-26)33-14-2-1-5-24(33)12-15-31-16-18-32(19-17-31)25-6-3-4-23-11-13-30-29(23)25/h3-4,6-11,13,20,24,30H,1-2,5,12,14-19,21H2/t24-/m0/s1. The highest BCUT2D eigenvalue weighted by atomic mass is 16.7. The van der Waals surface area contributed by atoms with Crippen molar-refractivity contribution >= 4 is 28.6 Å². The topological polar surface area (TPSA) is 61.0 Å². The second-order valence-electron chi connectivity index (χ2n) is 9.96. The molecule has 1 N–H and O–H groups in total. The molecule has 0 unspecified atom stereocenters. The lowest BCUT2D eigenvalue weighted by molar-refractivity contribution is -0.129. The van der Waals surface area contributed by atoms with E-state index in [1.165, 1.54) is 23.0 Å². The Morgan fingerprint density at radius 1 is 1.00 bits per heavy atom. The van der Waals surface area contributed by atoms with E-state index in [1.54, 1.807) is 6.08 Å². The lowest BCUT2D eigenvalue weighted by Gasteiger charge is -2.39. The van der Waals surface area contributed by atoms with Crippen LogP contribution in [0.15, 0.2) is 54.7 Å². The average molecular weight is 487 g/mol. The van der Waals surface area contributed by atoms with Crippen LogP contribution in [0.1, 0.15) is 31.2 Å². The van der Waals surface area contributed by atoms with E-state index in [-0.39, 0.29) is 12.7 Å². The van der Waals surface area contributed by atoms with E-state index in [1.807, 2.05) is 30.5 Å². The molecule has 2 fully saturated rings. The molecular formula is C29H34N4O3. The predicted octanol–water partition coefficient (Wildman–Crippen LogP) is 4.50. The number of piperazine rings is 1. The van der Waals surface area contributed by atoms with Crippen LogP contribution in [-0.4, -0.2) is 72.8 Å². The number of aromatic nitrogens is 1. The van der Waals surface area contributed by atoms with Gasteiger partial charge in [0.15, 0.2) is 11.5 Å². The number of ether oxygens (including phenoxy) is 2. The van der Waals surface area contributed by atoms with Gasteiger partial charge in [0.1, 0.15) is 0 Å². The molecule has 7 heteroatoms. The Morgan fingerprint density at radius 3 is 2.81 bits per heavy atom. The van der Waals surface area contributed by atoms with Gasteiger partial charge in [-0.2, -0.15) is 0 Å². The molecule has 6 rings (SSSR count). The minimum absolute atomic E-state index is 0.112. The summed E-state index contributed by atoms with van der Waals surface area (Å²) in [5.41, 5.74) is 3.49. The Hall–Kier alpha value is -3.45. The van der Waals surface area contributed by atoms with Crippen LogP contribution >= 0.6 is 0 Å². The summed E-state index contributed by atoms with van der Waals surface area (Å²) in [6.45, 7) is 6.33. The zero-order valence-corrected chi connectivity index (χ0v) is 20.7. The highest BCUT2D eigenvalue weighted by Crippen LogP contribution is 2.33. The number of H-pyrrole nitrogens is 1. The van der Waals surface area contributed by atoms with Gasteiger partial charge in [0, 0.05) is 63.0 Å². The second-order valence-corrected chi connectivity index (χ2v) is 9.96. The molecule has 0 spiro atoms. The molecule has 2 aromatic carbocycles. The van der Waals surface area contributed by atoms with Crippen LogP contribution in [0.4, 0.5) is 5.69 Å². The highest BCUT2D eigenvalue weighted by molar-refractivity contribution is 5.92. The lowest BCUT2D eigenvalue weighted by atomic mass is 9.98. The fraction of sp³-hybridized carbons (Fsp3) is 0.414. The van der Waals surface area contributed by atoms with Crippen molar-refractivity contribution in [2.75, 3.05) is 51.0 Å². The van der Waals surface area contributed by atoms with Gasteiger partial charge < -0.3 is 24.3 Å². The van der Waals surface area contributed by atoms with Gasteiger partial charge in [-0.1, -0.05) is 18.2 Å². The number of piperidine rings is 1. The zero-order valence-electron chi connectivity index (χ0n) is 20.7. The number of nitrogens with one attached hydrogen (secondary N) is 1. The smallest absolute Gasteiger partial charge is 0.246 e. The number of hydrogen-bond acceptors (Lipinski definition) is 5. The van der Waals surface area contributed by atoms with Gasteiger partial charge in [0.2, 0.25) is 12.7 Å². The van der Waals surface area contributed by atoms with Crippen molar-refractivity contribution in [3.8, 4) is 11.5 Å². The number of para-hydroxylation sites is 1. The van der Waals surface area contributed by atoms with Crippen molar-refractivity contribution in [1.29, 1.82) is 0 Å². The molecule has 0 aliphatic carbocycles. The van der Waals surface area contributed by atoms with Crippen LogP contribution in [0, 0.1) is 0 Å². The minimum Gasteiger partial charge on any atom is -0.454 e. The summed E-state index contributed by atoms with van der Waals surface area (Å²) in [5, 5.41) is 1.27. The number of hydrogen-bond donors (Lipinski definition) is 1. The van der Waals surface area contributed by atoms with Gasteiger partial charge in [-0.15, -0.1) is 0 Å². The van der Waals surface area contributed by atoms with E-state index in [2.05, 4.69) is 43.9 Å². The van der Waals surface area contributed by atoms with Crippen LogP contribution in [-0.2, 0) is 4.79 Å². The molecule has 188 valence electrons. The third-order valence-electron chi connectivity index (χ3n) is 7.78. The number of nitrogens with zero attached hydrogens (tertiary/aromatic N) is 3. The van der Waals surface area contributed by atoms with E-state index >= 15 is 0 Å². The molecule has 2 saturated heterocycles. The molecule has 7 nitrogen and oxygen atoms in total. The van der Waals surface area contributed by atoms with Crippen molar-refractivity contribution in [3.63, 3.8) is 0 Å². The quantitative estimate of drug-likeness (QED) is 0.520. The summed E-state index contributed by atoms with van der Waals surface area (Å²) < 4.78 is 10.8. The number of carbonyl (C=O) groups is 1. The van der Waals surface area contributed by atoms with E-state index in [4.69, 9.17) is 9.47 Å². The lowest BCUT2D eigenvalue weighted by Crippen LogP contribution is -2.49. The summed E-state index contributed by atoms with van der Waals surface area (Å²) in [4.78, 5) is 23.7. The molecule has 3 aliphatic rings. The molecule has 36 heavy (non-hydrogen) atoms. The maximum atomic E-state index is 13.1. The summed E-state index contributed by atoms with van der Waals surface area (Å²) in [6.07, 6.45) is 10.0. The third kappa shape index (κ3) is 4.80. The van der Waals surface area contributed by atoms with E-state index < -0.39 is 0 Å². The summed E-state index contributed by atoms with van der Waals surface area (Å²) in [7, 11) is 0. The normalized spacial score (nSPS) is 20.5. The zero-order chi connectivity index (χ0) is 24.3. The molecule has 3 aliphatic heterocycles. The first kappa shape index (κ1) is 23.0. The summed E-state index contributed by atoms with van der Waals surface area (Å²) >= 11 is 0. The van der Waals surface area contributed by atoms with Crippen LogP contribution in [0.3, 0.4) is 0 Å². The van der Waals surface area contributed by atoms with Gasteiger partial charge >= 0.3 is 0 Å². The number of benzene rings is 2. The first-order chi connectivity index (χ1) is 17.7. The van der Waals surface area contributed by atoms with Gasteiger partial charge in [-0.05, 0) is 61.6 Å². The molecule has 1 aromatic heterocycles. The van der Waals surface area contributed by atoms with Gasteiger partial charge in [-0.25, -0.2) is 0 Å². The number of likely N-dealkylation sites (tertiary alicyclic amines) is 1. The SMILES string of the molecule is O=C(C=Cc1ccc2c(c1)OCO2)N1CCCC[C@H]1CCN1CCN(c2cccc3cc[nH]c23)CC1. The largest absolute Gasteiger partial charge is 0.454 e. The van der Waals surface area contributed by atoms with Crippen molar-refractivity contribution in [3.05, 3.63) is 60.3 Å². The fourth-order valence-corrected chi connectivity index (χ4v) is 5.75. The van der Waals surface area contributed by atoms with E-state index in [0.717, 1.165) is 75.6 Å². The average Bonchev–Trinajstić information content (AvgIpc) is 3.60. The van der Waals surface area contributed by atoms with Gasteiger partial charge in [0.05, 0.1) is 11.2 Å². The number of anilines is 1. The monoisotopic (exact) mass is 486 g/mol. The second kappa shape index (κ2) is 10.3. The van der Waals surface area contributed by atoms with Crippen LogP contribution in [0.25, 0.3) is 17.0 Å². The number of rotatable bonds is 6. The number of fused-ring (bicyclic) bond motifs is 2. The van der Waals surface area contributed by atoms with E-state index in [0.29, 0.717) is 6.04 Å². The fourth-order valence-electron chi connectivity index (χ4n) is 5.75. The predicted molar refractivity (Wildman–Crippen MR) is 143 cm³/mol. The Morgan fingerprint density at radius 2 is 1.89 bits per heavy atom. The number of carbonyl (C=O) groups excluding carboxylic acids is 1. The minimum atomic E-state index is 0.112. The Kier molecular flexibility index (Phi) is 6.55. The van der Waals surface area contributed by atoms with Crippen molar-refractivity contribution in [1.82, 2.24) is 14.8 Å².